The molecule has 0 saturated heterocycles. The smallest absolute Gasteiger partial charge is 0.248 e. The molecule has 0 saturated carbocycles. The highest BCUT2D eigenvalue weighted by Gasteiger charge is 2.10. The lowest BCUT2D eigenvalue weighted by Crippen LogP contribution is -2.20. The fourth-order valence-electron chi connectivity index (χ4n) is 1.37. The van der Waals surface area contributed by atoms with Crippen molar-refractivity contribution >= 4 is 17.8 Å². The van der Waals surface area contributed by atoms with Crippen LogP contribution in [0.4, 0.5) is 11.9 Å². The van der Waals surface area contributed by atoms with E-state index in [9.17, 15) is 4.79 Å². The lowest BCUT2D eigenvalue weighted by atomic mass is 10.5. The average Bonchev–Trinajstić information content (AvgIpc) is 2.83. The van der Waals surface area contributed by atoms with Crippen molar-refractivity contribution in [3.63, 3.8) is 0 Å². The molecule has 0 aromatic carbocycles. The van der Waals surface area contributed by atoms with E-state index >= 15 is 0 Å². The Morgan fingerprint density at radius 3 is 2.50 bits per heavy atom. The van der Waals surface area contributed by atoms with Crippen LogP contribution in [-0.2, 0) is 11.3 Å². The number of carbonyl (C=O) groups is 1. The van der Waals surface area contributed by atoms with Gasteiger partial charge in [-0.1, -0.05) is 0 Å². The van der Waals surface area contributed by atoms with Crippen LogP contribution in [0.2, 0.25) is 0 Å². The number of nitrogens with one attached hydrogen (secondary N) is 1. The first-order valence-corrected chi connectivity index (χ1v) is 5.52. The zero-order valence-electron chi connectivity index (χ0n) is 10.9. The first-order chi connectivity index (χ1) is 9.60. The van der Waals surface area contributed by atoms with Crippen molar-refractivity contribution in [2.45, 2.75) is 6.54 Å². The monoisotopic (exact) mass is 279 g/mol. The Morgan fingerprint density at radius 2 is 2.00 bits per heavy atom. The van der Waals surface area contributed by atoms with Crippen LogP contribution >= 0.6 is 0 Å². The molecule has 0 spiro atoms. The predicted molar refractivity (Wildman–Crippen MR) is 68.2 cm³/mol. The highest BCUT2D eigenvalue weighted by Crippen LogP contribution is 2.17. The van der Waals surface area contributed by atoms with Gasteiger partial charge in [0, 0.05) is 0 Å². The van der Waals surface area contributed by atoms with Gasteiger partial charge in [0.2, 0.25) is 29.6 Å². The molecule has 0 aliphatic carbocycles. The van der Waals surface area contributed by atoms with Gasteiger partial charge in [0.05, 0.1) is 20.3 Å². The number of anilines is 2. The van der Waals surface area contributed by atoms with Gasteiger partial charge in [-0.15, -0.1) is 5.10 Å². The number of aromatic nitrogens is 5. The summed E-state index contributed by atoms with van der Waals surface area (Å²) in [5, 5.41) is 6.29. The molecule has 0 aliphatic rings. The van der Waals surface area contributed by atoms with Crippen molar-refractivity contribution in [3.05, 3.63) is 12.4 Å². The van der Waals surface area contributed by atoms with Gasteiger partial charge < -0.3 is 15.2 Å². The summed E-state index contributed by atoms with van der Waals surface area (Å²) in [6, 6.07) is 1.49. The van der Waals surface area contributed by atoms with Gasteiger partial charge >= 0.3 is 0 Å². The summed E-state index contributed by atoms with van der Waals surface area (Å²) in [6.07, 6.45) is 1.35. The van der Waals surface area contributed by atoms with Crippen LogP contribution in [0.25, 0.3) is 0 Å². The van der Waals surface area contributed by atoms with Crippen LogP contribution in [-0.4, -0.2) is 44.9 Å². The first-order valence-electron chi connectivity index (χ1n) is 5.52. The molecule has 1 amide bonds. The van der Waals surface area contributed by atoms with E-state index in [-0.39, 0.29) is 36.1 Å². The number of ether oxygens (including phenoxy) is 2. The van der Waals surface area contributed by atoms with Crippen LogP contribution in [0.3, 0.4) is 0 Å². The van der Waals surface area contributed by atoms with Crippen LogP contribution in [0, 0.1) is 0 Å². The second kappa shape index (κ2) is 5.82. The van der Waals surface area contributed by atoms with Crippen LogP contribution in [0.5, 0.6) is 11.8 Å². The van der Waals surface area contributed by atoms with Gasteiger partial charge in [-0.3, -0.25) is 10.1 Å². The third-order valence-electron chi connectivity index (χ3n) is 2.21. The highest BCUT2D eigenvalue weighted by atomic mass is 16.5. The van der Waals surface area contributed by atoms with E-state index in [1.165, 1.54) is 31.3 Å². The minimum Gasteiger partial charge on any atom is -0.481 e. The lowest BCUT2D eigenvalue weighted by Gasteiger charge is -2.07. The number of hydrogen-bond donors (Lipinski definition) is 2. The molecule has 106 valence electrons. The van der Waals surface area contributed by atoms with Gasteiger partial charge in [-0.05, 0) is 0 Å². The summed E-state index contributed by atoms with van der Waals surface area (Å²) in [4.78, 5) is 23.4. The molecule has 2 heterocycles. The van der Waals surface area contributed by atoms with E-state index in [4.69, 9.17) is 15.2 Å². The maximum absolute atomic E-state index is 11.8. The number of hydrogen-bond acceptors (Lipinski definition) is 8. The number of nitrogens with two attached hydrogens (primary N) is 1. The lowest BCUT2D eigenvalue weighted by molar-refractivity contribution is -0.116. The van der Waals surface area contributed by atoms with E-state index < -0.39 is 0 Å². The zero-order valence-corrected chi connectivity index (χ0v) is 10.9. The Hall–Kier alpha value is -2.91. The van der Waals surface area contributed by atoms with Gasteiger partial charge in [0.15, 0.2) is 0 Å². The minimum absolute atomic E-state index is 0.0624. The van der Waals surface area contributed by atoms with Crippen LogP contribution in [0.1, 0.15) is 0 Å². The molecule has 0 fully saturated rings. The van der Waals surface area contributed by atoms with E-state index in [2.05, 4.69) is 25.4 Å². The molecule has 0 aliphatic heterocycles. The Balaban J connectivity index is 2.07. The number of rotatable bonds is 5. The topological polar surface area (TPSA) is 130 Å². The van der Waals surface area contributed by atoms with Gasteiger partial charge in [-0.25, -0.2) is 9.67 Å². The van der Waals surface area contributed by atoms with Crippen molar-refractivity contribution in [1.82, 2.24) is 24.7 Å². The molecular weight excluding hydrogens is 266 g/mol. The molecule has 10 heteroatoms. The summed E-state index contributed by atoms with van der Waals surface area (Å²) >= 11 is 0. The summed E-state index contributed by atoms with van der Waals surface area (Å²) in [5.41, 5.74) is 5.35. The fourth-order valence-corrected chi connectivity index (χ4v) is 1.37. The largest absolute Gasteiger partial charge is 0.481 e. The quantitative estimate of drug-likeness (QED) is 0.735. The van der Waals surface area contributed by atoms with Crippen molar-refractivity contribution in [3.8, 4) is 11.8 Å². The molecule has 20 heavy (non-hydrogen) atoms. The molecule has 0 bridgehead atoms. The third kappa shape index (κ3) is 3.31. The van der Waals surface area contributed by atoms with Crippen molar-refractivity contribution in [2.75, 3.05) is 25.3 Å². The van der Waals surface area contributed by atoms with Gasteiger partial charge in [0.25, 0.3) is 0 Å². The predicted octanol–water partition coefficient (Wildman–Crippen LogP) is -0.694. The van der Waals surface area contributed by atoms with Crippen molar-refractivity contribution in [1.29, 1.82) is 0 Å². The van der Waals surface area contributed by atoms with Crippen molar-refractivity contribution < 1.29 is 14.3 Å². The molecule has 0 radical (unpaired) electrons. The Kier molecular flexibility index (Phi) is 3.93. The molecule has 0 unspecified atom stereocenters. The second-order valence-electron chi connectivity index (χ2n) is 3.62. The summed E-state index contributed by atoms with van der Waals surface area (Å²) in [6.45, 7) is -0.0624. The Labute approximate surface area is 113 Å². The summed E-state index contributed by atoms with van der Waals surface area (Å²) in [7, 11) is 2.90. The van der Waals surface area contributed by atoms with E-state index in [0.717, 1.165) is 0 Å². The number of nitrogen functional groups attached to an aromatic ring is 1. The maximum atomic E-state index is 11.8. The second-order valence-corrected chi connectivity index (χ2v) is 3.62. The summed E-state index contributed by atoms with van der Waals surface area (Å²) in [5.74, 6) is 0.330. The Morgan fingerprint density at radius 1 is 1.35 bits per heavy atom. The molecule has 2 aromatic heterocycles. The highest BCUT2D eigenvalue weighted by molar-refractivity contribution is 5.88. The molecule has 3 N–H and O–H groups in total. The molecule has 0 atom stereocenters. The molecule has 2 rings (SSSR count). The molecular formula is C10H13N7O3. The standard InChI is InChI=1S/C10H13N7O3/c1-19-7-3-8(20-2)15-10(14-7)13-6(18)4-17-5-12-9(11)16-17/h3,5H,4H2,1-2H3,(H2,11,16)(H,13,14,15,18). The molecule has 10 nitrogen and oxygen atoms in total. The van der Waals surface area contributed by atoms with E-state index in [0.29, 0.717) is 0 Å². The number of amides is 1. The van der Waals surface area contributed by atoms with Gasteiger partial charge in [-0.2, -0.15) is 9.97 Å². The molecule has 2 aromatic rings. The van der Waals surface area contributed by atoms with Crippen LogP contribution < -0.4 is 20.5 Å². The normalized spacial score (nSPS) is 10.1. The van der Waals surface area contributed by atoms with Crippen LogP contribution in [0.15, 0.2) is 12.4 Å². The number of nitrogens with zero attached hydrogens (tertiary/aromatic N) is 5. The minimum atomic E-state index is -0.384. The first kappa shape index (κ1) is 13.5. The summed E-state index contributed by atoms with van der Waals surface area (Å²) < 4.78 is 11.2. The number of methoxy groups -OCH3 is 2. The fraction of sp³-hybridized carbons (Fsp3) is 0.300. The van der Waals surface area contributed by atoms with E-state index in [1.807, 2.05) is 0 Å². The average molecular weight is 279 g/mol. The Bertz CT molecular complexity index is 590. The number of carbonyl (C=O) groups excluding carboxylic acids is 1. The third-order valence-corrected chi connectivity index (χ3v) is 2.21. The van der Waals surface area contributed by atoms with Crippen molar-refractivity contribution in [2.24, 2.45) is 0 Å². The van der Waals surface area contributed by atoms with E-state index in [1.54, 1.807) is 0 Å². The van der Waals surface area contributed by atoms with Gasteiger partial charge in [0.1, 0.15) is 12.9 Å². The maximum Gasteiger partial charge on any atom is 0.248 e. The zero-order chi connectivity index (χ0) is 14.5. The SMILES string of the molecule is COc1cc(OC)nc(NC(=O)Cn2cnc(N)n2)n1.